The second kappa shape index (κ2) is 20.9. The van der Waals surface area contributed by atoms with E-state index in [1.165, 1.54) is 4.90 Å². The summed E-state index contributed by atoms with van der Waals surface area (Å²) >= 11 is 0. The van der Waals surface area contributed by atoms with Gasteiger partial charge in [-0.3, -0.25) is 24.0 Å². The first-order chi connectivity index (χ1) is 25.6. The van der Waals surface area contributed by atoms with Crippen molar-refractivity contribution < 1.29 is 47.7 Å². The lowest BCUT2D eigenvalue weighted by molar-refractivity contribution is -0.140. The molecule has 0 aliphatic heterocycles. The smallest absolute Gasteiger partial charge is 0.303 e. The van der Waals surface area contributed by atoms with Gasteiger partial charge in [0.05, 0.1) is 38.3 Å². The Balaban J connectivity index is 1.63. The number of halogens is 2. The van der Waals surface area contributed by atoms with Gasteiger partial charge < -0.3 is 46.1 Å². The summed E-state index contributed by atoms with van der Waals surface area (Å²) in [6, 6.07) is 12.7. The molecule has 2 aromatic carbocycles. The number of aliphatic hydroxyl groups excluding tert-OH is 1. The average Bonchev–Trinajstić information content (AvgIpc) is 3.53. The molecular formula is C38H50F2N6O8. The number of nitrogens with two attached hydrogens (primary N) is 1. The number of rotatable bonds is 21. The van der Waals surface area contributed by atoms with Gasteiger partial charge in [-0.25, -0.2) is 8.78 Å². The molecule has 1 heterocycles. The monoisotopic (exact) mass is 756 g/mol. The Kier molecular flexibility index (Phi) is 16.7. The lowest BCUT2D eigenvalue weighted by atomic mass is 9.82. The van der Waals surface area contributed by atoms with Crippen molar-refractivity contribution in [1.82, 2.24) is 25.4 Å². The van der Waals surface area contributed by atoms with Crippen molar-refractivity contribution in [3.8, 4) is 11.1 Å². The van der Waals surface area contributed by atoms with Crippen LogP contribution in [0.2, 0.25) is 0 Å². The number of carboxylic acid groups (broad SMARTS) is 1. The van der Waals surface area contributed by atoms with Gasteiger partial charge in [0, 0.05) is 55.6 Å². The van der Waals surface area contributed by atoms with Gasteiger partial charge in [0.15, 0.2) is 0 Å². The van der Waals surface area contributed by atoms with E-state index in [4.69, 9.17) is 15.6 Å². The van der Waals surface area contributed by atoms with Crippen LogP contribution in [0, 0.1) is 17.0 Å². The molecule has 0 saturated carbocycles. The number of aromatic nitrogens is 1. The van der Waals surface area contributed by atoms with Crippen LogP contribution in [0.5, 0.6) is 0 Å². The van der Waals surface area contributed by atoms with Gasteiger partial charge in [0.25, 0.3) is 0 Å². The fourth-order valence-corrected chi connectivity index (χ4v) is 5.80. The van der Waals surface area contributed by atoms with Crippen molar-refractivity contribution in [2.24, 2.45) is 11.1 Å². The van der Waals surface area contributed by atoms with Crippen molar-refractivity contribution in [1.29, 1.82) is 0 Å². The Labute approximate surface area is 313 Å². The molecule has 4 amide bonds. The highest BCUT2D eigenvalue weighted by Gasteiger charge is 2.37. The summed E-state index contributed by atoms with van der Waals surface area (Å²) in [5.74, 6) is -4.46. The number of ether oxygens (including phenoxy) is 1. The standard InChI is InChI=1S/C38H50F2N6O8/c1-38(2,3)36(31-19-26(28-20-27(39)9-10-29(28)40)23-45(31)22-25-7-5-4-6-8-25)46(34(50)24-47)16-13-30(41)37(53)43-15-18-54-17-14-42-33(49)21-44-32(48)11-12-35(51)52/h4-10,19-20,23,30,36,47H,11-18,21-22,24,41H2,1-3H3,(H,42,49)(H,43,53)(H,44,48)(H,51,52)/t30-,36-/m0/s1. The molecule has 0 fully saturated rings. The summed E-state index contributed by atoms with van der Waals surface area (Å²) in [4.78, 5) is 61.6. The third kappa shape index (κ3) is 13.7. The molecule has 3 aromatic rings. The van der Waals surface area contributed by atoms with E-state index in [0.29, 0.717) is 17.8 Å². The Hall–Kier alpha value is -5.19. The first-order valence-electron chi connectivity index (χ1n) is 17.6. The number of nitrogens with one attached hydrogen (secondary N) is 3. The molecule has 294 valence electrons. The quantitative estimate of drug-likeness (QED) is 0.0882. The van der Waals surface area contributed by atoms with E-state index < -0.39 is 65.3 Å². The number of amides is 4. The summed E-state index contributed by atoms with van der Waals surface area (Å²) in [6.07, 6.45) is 1.18. The minimum atomic E-state index is -1.11. The van der Waals surface area contributed by atoms with Gasteiger partial charge >= 0.3 is 5.97 Å². The molecule has 14 nitrogen and oxygen atoms in total. The van der Waals surface area contributed by atoms with Gasteiger partial charge in [0.2, 0.25) is 23.6 Å². The highest BCUT2D eigenvalue weighted by atomic mass is 19.1. The number of aliphatic hydroxyl groups is 1. The Bertz CT molecular complexity index is 1730. The van der Waals surface area contributed by atoms with Gasteiger partial charge in [0.1, 0.15) is 18.2 Å². The molecule has 54 heavy (non-hydrogen) atoms. The SMILES string of the molecule is CC(C)(C)[C@H](c1cc(-c2cc(F)ccc2F)cn1Cc1ccccc1)N(CC[C@H](N)C(=O)NCCOCCNC(=O)CNC(=O)CCC(=O)O)C(=O)CO. The third-order valence-corrected chi connectivity index (χ3v) is 8.38. The van der Waals surface area contributed by atoms with Crippen molar-refractivity contribution in [3.63, 3.8) is 0 Å². The van der Waals surface area contributed by atoms with Gasteiger partial charge in [-0.15, -0.1) is 0 Å². The molecule has 0 aliphatic carbocycles. The van der Waals surface area contributed by atoms with E-state index in [0.717, 1.165) is 23.8 Å². The Morgan fingerprint density at radius 3 is 2.26 bits per heavy atom. The molecule has 7 N–H and O–H groups in total. The maximum absolute atomic E-state index is 15.0. The van der Waals surface area contributed by atoms with E-state index >= 15 is 0 Å². The van der Waals surface area contributed by atoms with E-state index in [2.05, 4.69) is 16.0 Å². The number of benzene rings is 2. The summed E-state index contributed by atoms with van der Waals surface area (Å²) in [5, 5.41) is 26.2. The van der Waals surface area contributed by atoms with Crippen LogP contribution in [0.4, 0.5) is 8.78 Å². The van der Waals surface area contributed by atoms with E-state index in [1.54, 1.807) is 12.3 Å². The summed E-state index contributed by atoms with van der Waals surface area (Å²) in [6.45, 7) is 5.44. The second-order valence-electron chi connectivity index (χ2n) is 13.7. The number of carbonyl (C=O) groups excluding carboxylic acids is 4. The molecule has 0 bridgehead atoms. The first kappa shape index (κ1) is 43.2. The molecular weight excluding hydrogens is 706 g/mol. The summed E-state index contributed by atoms with van der Waals surface area (Å²) in [7, 11) is 0. The number of aliphatic carboxylic acids is 1. The lowest BCUT2D eigenvalue weighted by Gasteiger charge is -2.41. The highest BCUT2D eigenvalue weighted by Crippen LogP contribution is 2.41. The van der Waals surface area contributed by atoms with Crippen LogP contribution in [0.25, 0.3) is 11.1 Å². The zero-order valence-corrected chi connectivity index (χ0v) is 30.8. The molecule has 2 atom stereocenters. The van der Waals surface area contributed by atoms with E-state index in [-0.39, 0.29) is 64.2 Å². The minimum Gasteiger partial charge on any atom is -0.481 e. The predicted molar refractivity (Wildman–Crippen MR) is 196 cm³/mol. The van der Waals surface area contributed by atoms with E-state index in [1.807, 2.05) is 55.7 Å². The maximum atomic E-state index is 15.0. The number of carboxylic acids is 1. The number of hydrogen-bond donors (Lipinski definition) is 6. The molecule has 0 saturated heterocycles. The fourth-order valence-electron chi connectivity index (χ4n) is 5.80. The topological polar surface area (TPSA) is 205 Å². The number of carbonyl (C=O) groups is 5. The van der Waals surface area contributed by atoms with Gasteiger partial charge in [-0.1, -0.05) is 51.1 Å². The van der Waals surface area contributed by atoms with Crippen LogP contribution >= 0.6 is 0 Å². The van der Waals surface area contributed by atoms with Crippen molar-refractivity contribution >= 4 is 29.6 Å². The third-order valence-electron chi connectivity index (χ3n) is 8.38. The molecule has 0 aliphatic rings. The average molecular weight is 757 g/mol. The fraction of sp³-hybridized carbons (Fsp3) is 0.447. The van der Waals surface area contributed by atoms with Crippen molar-refractivity contribution in [2.45, 2.75) is 58.7 Å². The van der Waals surface area contributed by atoms with Crippen LogP contribution in [0.3, 0.4) is 0 Å². The maximum Gasteiger partial charge on any atom is 0.303 e. The molecule has 3 rings (SSSR count). The molecule has 0 radical (unpaired) electrons. The van der Waals surface area contributed by atoms with E-state index in [9.17, 15) is 37.9 Å². The van der Waals surface area contributed by atoms with Crippen LogP contribution < -0.4 is 21.7 Å². The minimum absolute atomic E-state index is 0.00763. The van der Waals surface area contributed by atoms with Crippen LogP contribution in [-0.2, 0) is 35.3 Å². The number of hydrogen-bond acceptors (Lipinski definition) is 8. The second-order valence-corrected chi connectivity index (χ2v) is 13.7. The lowest BCUT2D eigenvalue weighted by Crippen LogP contribution is -2.48. The van der Waals surface area contributed by atoms with Gasteiger partial charge in [-0.05, 0) is 41.7 Å². The molecule has 16 heteroatoms. The zero-order chi connectivity index (χ0) is 39.8. The molecule has 0 spiro atoms. The Morgan fingerprint density at radius 2 is 1.61 bits per heavy atom. The number of nitrogens with zero attached hydrogens (tertiary/aromatic N) is 2. The zero-order valence-electron chi connectivity index (χ0n) is 30.8. The summed E-state index contributed by atoms with van der Waals surface area (Å²) in [5.41, 5.74) is 7.59. The first-order valence-corrected chi connectivity index (χ1v) is 17.6. The van der Waals surface area contributed by atoms with Crippen molar-refractivity contribution in [2.75, 3.05) is 46.0 Å². The van der Waals surface area contributed by atoms with Crippen molar-refractivity contribution in [3.05, 3.63) is 83.7 Å². The molecule has 1 aromatic heterocycles. The normalized spacial score (nSPS) is 12.4. The molecule has 0 unspecified atom stereocenters. The largest absolute Gasteiger partial charge is 0.481 e. The van der Waals surface area contributed by atoms with Gasteiger partial charge in [-0.2, -0.15) is 0 Å². The van der Waals surface area contributed by atoms with Crippen LogP contribution in [0.1, 0.15) is 57.3 Å². The predicted octanol–water partition coefficient (Wildman–Crippen LogP) is 2.34. The van der Waals surface area contributed by atoms with Crippen LogP contribution in [-0.4, -0.2) is 101 Å². The van der Waals surface area contributed by atoms with Crippen LogP contribution in [0.15, 0.2) is 60.8 Å². The highest BCUT2D eigenvalue weighted by molar-refractivity contribution is 5.86. The summed E-state index contributed by atoms with van der Waals surface area (Å²) < 4.78 is 36.6. The Morgan fingerprint density at radius 1 is 0.926 bits per heavy atom.